The van der Waals surface area contributed by atoms with Gasteiger partial charge in [-0.25, -0.2) is 4.79 Å². The van der Waals surface area contributed by atoms with Crippen molar-refractivity contribution < 1.29 is 24.2 Å². The van der Waals surface area contributed by atoms with Crippen molar-refractivity contribution in [2.24, 2.45) is 17.8 Å². The van der Waals surface area contributed by atoms with E-state index in [1.807, 2.05) is 24.3 Å². The molecule has 0 radical (unpaired) electrons. The van der Waals surface area contributed by atoms with Gasteiger partial charge in [-0.05, 0) is 53.9 Å². The number of fused-ring (bicyclic) bond motifs is 3. The number of carbonyl (C=O) groups is 3. The average Bonchev–Trinajstić information content (AvgIpc) is 3.17. The van der Waals surface area contributed by atoms with Crippen LogP contribution in [0.2, 0.25) is 0 Å². The molecule has 184 valence electrons. The summed E-state index contributed by atoms with van der Waals surface area (Å²) in [5, 5.41) is 15.2. The Morgan fingerprint density at radius 3 is 2.20 bits per heavy atom. The summed E-state index contributed by atoms with van der Waals surface area (Å²) in [6.45, 7) is 0.680. The first-order chi connectivity index (χ1) is 17.0. The van der Waals surface area contributed by atoms with Gasteiger partial charge in [-0.2, -0.15) is 0 Å². The summed E-state index contributed by atoms with van der Waals surface area (Å²) in [6, 6.07) is 16.4. The zero-order valence-electron chi connectivity index (χ0n) is 19.7. The fourth-order valence-corrected chi connectivity index (χ4v) is 5.91. The number of carboxylic acids is 1. The molecule has 2 atom stereocenters. The van der Waals surface area contributed by atoms with E-state index in [1.54, 1.807) is 0 Å². The van der Waals surface area contributed by atoms with E-state index in [-0.39, 0.29) is 42.2 Å². The van der Waals surface area contributed by atoms with Crippen molar-refractivity contribution in [2.45, 2.75) is 50.5 Å². The Hall–Kier alpha value is -3.35. The number of carboxylic acid groups (broad SMARTS) is 1. The molecule has 0 spiro atoms. The van der Waals surface area contributed by atoms with Crippen LogP contribution in [0.5, 0.6) is 0 Å². The number of aliphatic carboxylic acids is 1. The number of ether oxygens (including phenoxy) is 1. The third kappa shape index (κ3) is 4.90. The van der Waals surface area contributed by atoms with Gasteiger partial charge in [0.1, 0.15) is 6.61 Å². The van der Waals surface area contributed by atoms with Gasteiger partial charge < -0.3 is 20.5 Å². The molecule has 2 saturated carbocycles. The van der Waals surface area contributed by atoms with E-state index in [0.29, 0.717) is 25.8 Å². The minimum Gasteiger partial charge on any atom is -0.481 e. The topological polar surface area (TPSA) is 105 Å². The van der Waals surface area contributed by atoms with Crippen LogP contribution >= 0.6 is 0 Å². The maximum Gasteiger partial charge on any atom is 0.407 e. The zero-order chi connectivity index (χ0) is 24.4. The lowest BCUT2D eigenvalue weighted by Crippen LogP contribution is -2.50. The van der Waals surface area contributed by atoms with Crippen LogP contribution in [0.25, 0.3) is 11.1 Å². The fraction of sp³-hybridized carbons (Fsp3) is 0.464. The number of amides is 2. The van der Waals surface area contributed by atoms with E-state index in [0.717, 1.165) is 19.3 Å². The SMILES string of the molecule is O=C(NC1CC(C(=O)NCC2CCCCC2C(=O)O)C1)OCC1c2ccccc2-c2ccccc21. The molecule has 2 amide bonds. The first kappa shape index (κ1) is 23.4. The van der Waals surface area contributed by atoms with Crippen LogP contribution in [0.3, 0.4) is 0 Å². The number of hydrogen-bond donors (Lipinski definition) is 3. The summed E-state index contributed by atoms with van der Waals surface area (Å²) in [7, 11) is 0. The van der Waals surface area contributed by atoms with Crippen molar-refractivity contribution in [1.82, 2.24) is 10.6 Å². The Kier molecular flexibility index (Phi) is 6.75. The van der Waals surface area contributed by atoms with Gasteiger partial charge in [-0.1, -0.05) is 61.4 Å². The lowest BCUT2D eigenvalue weighted by molar-refractivity contribution is -0.145. The third-order valence-electron chi connectivity index (χ3n) is 7.94. The Labute approximate surface area is 205 Å². The van der Waals surface area contributed by atoms with E-state index in [2.05, 4.69) is 34.9 Å². The van der Waals surface area contributed by atoms with Crippen molar-refractivity contribution in [2.75, 3.05) is 13.2 Å². The second-order valence-corrected chi connectivity index (χ2v) is 10.1. The van der Waals surface area contributed by atoms with Gasteiger partial charge in [0.25, 0.3) is 0 Å². The molecule has 0 saturated heterocycles. The number of carbonyl (C=O) groups excluding carboxylic acids is 2. The quantitative estimate of drug-likeness (QED) is 0.552. The Morgan fingerprint density at radius 1 is 0.914 bits per heavy atom. The predicted molar refractivity (Wildman–Crippen MR) is 131 cm³/mol. The molecule has 3 aliphatic carbocycles. The van der Waals surface area contributed by atoms with Gasteiger partial charge in [0.05, 0.1) is 5.92 Å². The van der Waals surface area contributed by atoms with E-state index in [9.17, 15) is 19.5 Å². The smallest absolute Gasteiger partial charge is 0.407 e. The zero-order valence-corrected chi connectivity index (χ0v) is 19.7. The van der Waals surface area contributed by atoms with Gasteiger partial charge in [0.2, 0.25) is 5.91 Å². The standard InChI is InChI=1S/C28H32N2O5/c31-26(29-15-17-7-1-2-8-20(17)27(32)33)18-13-19(14-18)30-28(34)35-16-25-23-11-5-3-9-21(23)22-10-4-6-12-24(22)25/h3-6,9-12,17-20,25H,1-2,7-8,13-16H2,(H,29,31)(H,30,34)(H,32,33). The van der Waals surface area contributed by atoms with Crippen molar-refractivity contribution in [3.05, 3.63) is 59.7 Å². The first-order valence-electron chi connectivity index (χ1n) is 12.6. The maximum atomic E-state index is 12.5. The van der Waals surface area contributed by atoms with Crippen molar-refractivity contribution in [1.29, 1.82) is 0 Å². The Balaban J connectivity index is 1.06. The van der Waals surface area contributed by atoms with Crippen LogP contribution in [0.1, 0.15) is 55.6 Å². The minimum absolute atomic E-state index is 0.0000229. The van der Waals surface area contributed by atoms with E-state index >= 15 is 0 Å². The average molecular weight is 477 g/mol. The first-order valence-corrected chi connectivity index (χ1v) is 12.6. The largest absolute Gasteiger partial charge is 0.481 e. The van der Waals surface area contributed by atoms with Gasteiger partial charge in [-0.15, -0.1) is 0 Å². The van der Waals surface area contributed by atoms with Crippen molar-refractivity contribution >= 4 is 18.0 Å². The number of nitrogens with one attached hydrogen (secondary N) is 2. The second-order valence-electron chi connectivity index (χ2n) is 10.1. The molecule has 2 aromatic carbocycles. The molecule has 2 unspecified atom stereocenters. The highest BCUT2D eigenvalue weighted by Gasteiger charge is 2.37. The van der Waals surface area contributed by atoms with Gasteiger partial charge in [-0.3, -0.25) is 9.59 Å². The number of hydrogen-bond acceptors (Lipinski definition) is 4. The molecular formula is C28H32N2O5. The summed E-state index contributed by atoms with van der Waals surface area (Å²) >= 11 is 0. The van der Waals surface area contributed by atoms with Crippen molar-refractivity contribution in [3.63, 3.8) is 0 Å². The monoisotopic (exact) mass is 476 g/mol. The summed E-state index contributed by atoms with van der Waals surface area (Å²) in [5.41, 5.74) is 4.72. The molecular weight excluding hydrogens is 444 g/mol. The van der Waals surface area contributed by atoms with Crippen LogP contribution < -0.4 is 10.6 Å². The molecule has 7 heteroatoms. The van der Waals surface area contributed by atoms with E-state index in [4.69, 9.17) is 4.74 Å². The number of benzene rings is 2. The lowest BCUT2D eigenvalue weighted by Gasteiger charge is -2.35. The normalized spacial score (nSPS) is 25.0. The van der Waals surface area contributed by atoms with Crippen LogP contribution in [0.4, 0.5) is 4.79 Å². The number of alkyl carbamates (subject to hydrolysis) is 1. The van der Waals surface area contributed by atoms with Crippen LogP contribution in [0, 0.1) is 17.8 Å². The molecule has 35 heavy (non-hydrogen) atoms. The lowest BCUT2D eigenvalue weighted by atomic mass is 9.78. The van der Waals surface area contributed by atoms with Gasteiger partial charge >= 0.3 is 12.1 Å². The van der Waals surface area contributed by atoms with Crippen LogP contribution in [-0.2, 0) is 14.3 Å². The van der Waals surface area contributed by atoms with Crippen LogP contribution in [-0.4, -0.2) is 42.3 Å². The Bertz CT molecular complexity index is 1060. The van der Waals surface area contributed by atoms with E-state index in [1.165, 1.54) is 22.3 Å². The maximum absolute atomic E-state index is 12.5. The van der Waals surface area contributed by atoms with Crippen molar-refractivity contribution in [3.8, 4) is 11.1 Å². The van der Waals surface area contributed by atoms with Crippen LogP contribution in [0.15, 0.2) is 48.5 Å². The molecule has 0 bridgehead atoms. The molecule has 2 fully saturated rings. The van der Waals surface area contributed by atoms with E-state index < -0.39 is 12.1 Å². The number of rotatable bonds is 7. The summed E-state index contributed by atoms with van der Waals surface area (Å²) in [4.78, 5) is 36.4. The summed E-state index contributed by atoms with van der Waals surface area (Å²) < 4.78 is 5.60. The third-order valence-corrected chi connectivity index (χ3v) is 7.94. The summed E-state index contributed by atoms with van der Waals surface area (Å²) in [5.74, 6) is -1.32. The molecule has 5 rings (SSSR count). The molecule has 2 aromatic rings. The highest BCUT2D eigenvalue weighted by atomic mass is 16.5. The molecule has 0 heterocycles. The molecule has 7 nitrogen and oxygen atoms in total. The highest BCUT2D eigenvalue weighted by molar-refractivity contribution is 5.81. The second kappa shape index (κ2) is 10.1. The fourth-order valence-electron chi connectivity index (χ4n) is 5.91. The van der Waals surface area contributed by atoms with Gasteiger partial charge in [0.15, 0.2) is 0 Å². The van der Waals surface area contributed by atoms with Gasteiger partial charge in [0, 0.05) is 24.4 Å². The molecule has 0 aliphatic heterocycles. The minimum atomic E-state index is -0.764. The molecule has 3 aliphatic rings. The Morgan fingerprint density at radius 2 is 1.54 bits per heavy atom. The highest BCUT2D eigenvalue weighted by Crippen LogP contribution is 2.44. The molecule has 0 aromatic heterocycles. The molecule has 3 N–H and O–H groups in total. The predicted octanol–water partition coefficient (Wildman–Crippen LogP) is 4.31. The summed E-state index contributed by atoms with van der Waals surface area (Å²) in [6.07, 6.45) is 4.17.